The van der Waals surface area contributed by atoms with Crippen molar-refractivity contribution in [3.63, 3.8) is 0 Å². The molecule has 3 aromatic rings. The molecule has 10 nitrogen and oxygen atoms in total. The van der Waals surface area contributed by atoms with Crippen LogP contribution < -0.4 is 5.73 Å². The lowest BCUT2D eigenvalue weighted by Crippen LogP contribution is -2.41. The molecule has 0 spiro atoms. The molecule has 0 aliphatic carbocycles. The summed E-state index contributed by atoms with van der Waals surface area (Å²) in [4.78, 5) is 26.1. The van der Waals surface area contributed by atoms with Crippen molar-refractivity contribution < 1.29 is 37.3 Å². The number of carbonyl (C=O) groups is 2. The summed E-state index contributed by atoms with van der Waals surface area (Å²) in [5, 5.41) is 9.89. The summed E-state index contributed by atoms with van der Waals surface area (Å²) in [5.74, 6) is -1.32. The van der Waals surface area contributed by atoms with Gasteiger partial charge in [0.05, 0.1) is 27.6 Å². The Bertz CT molecular complexity index is 1600. The van der Waals surface area contributed by atoms with E-state index in [0.717, 1.165) is 30.4 Å². The number of benzene rings is 3. The molecule has 1 aliphatic rings. The minimum Gasteiger partial charge on any atom is -0.478 e. The second-order valence-corrected chi connectivity index (χ2v) is 14.2. The van der Waals surface area contributed by atoms with Crippen LogP contribution in [-0.2, 0) is 30.5 Å². The van der Waals surface area contributed by atoms with E-state index in [9.17, 15) is 23.1 Å². The van der Waals surface area contributed by atoms with E-state index >= 15 is 0 Å². The zero-order chi connectivity index (χ0) is 32.8. The van der Waals surface area contributed by atoms with Crippen molar-refractivity contribution in [2.24, 2.45) is 0 Å². The molecule has 1 fully saturated rings. The minimum absolute atomic E-state index is 0.0358. The van der Waals surface area contributed by atoms with Crippen LogP contribution >= 0.6 is 11.6 Å². The van der Waals surface area contributed by atoms with E-state index in [0.29, 0.717) is 18.1 Å². The molecule has 0 bridgehead atoms. The molecule has 0 radical (unpaired) electrons. The van der Waals surface area contributed by atoms with Gasteiger partial charge in [0.15, 0.2) is 6.29 Å². The maximum absolute atomic E-state index is 13.4. The Hall–Kier alpha value is -3.64. The molecule has 0 unspecified atom stereocenters. The first-order chi connectivity index (χ1) is 21.2. The van der Waals surface area contributed by atoms with Gasteiger partial charge in [-0.3, -0.25) is 0 Å². The van der Waals surface area contributed by atoms with E-state index in [-0.39, 0.29) is 34.1 Å². The van der Waals surface area contributed by atoms with Crippen molar-refractivity contribution in [3.8, 4) is 0 Å². The first-order valence-electron chi connectivity index (χ1n) is 14.7. The van der Waals surface area contributed by atoms with Crippen LogP contribution in [0.3, 0.4) is 0 Å². The van der Waals surface area contributed by atoms with Crippen molar-refractivity contribution in [2.75, 3.05) is 25.4 Å². The van der Waals surface area contributed by atoms with Gasteiger partial charge in [-0.25, -0.2) is 18.0 Å². The molecule has 45 heavy (non-hydrogen) atoms. The van der Waals surface area contributed by atoms with Gasteiger partial charge in [0.25, 0.3) is 0 Å². The fraction of sp³-hybridized carbons (Fsp3) is 0.394. The Morgan fingerprint density at radius 3 is 2.42 bits per heavy atom. The molecule has 0 aromatic heterocycles. The number of carboxylic acid groups (broad SMARTS) is 1. The number of carbonyl (C=O) groups excluding carboxylic acids is 1. The van der Waals surface area contributed by atoms with Crippen LogP contribution in [0.4, 0.5) is 10.5 Å². The summed E-state index contributed by atoms with van der Waals surface area (Å²) in [5.41, 5.74) is 6.13. The molecule has 4 rings (SSSR count). The number of ether oxygens (including phenoxy) is 3. The molecule has 3 aromatic carbocycles. The van der Waals surface area contributed by atoms with Gasteiger partial charge in [-0.05, 0) is 94.0 Å². The lowest BCUT2D eigenvalue weighted by Gasteiger charge is -2.33. The number of sulfone groups is 1. The van der Waals surface area contributed by atoms with E-state index in [1.165, 1.54) is 30.3 Å². The van der Waals surface area contributed by atoms with Crippen LogP contribution in [0.1, 0.15) is 67.6 Å². The molecule has 12 heteroatoms. The van der Waals surface area contributed by atoms with Crippen LogP contribution in [0.5, 0.6) is 0 Å². The molecular formula is C33H39ClN2O8S. The summed E-state index contributed by atoms with van der Waals surface area (Å²) in [6.45, 7) is 6.40. The number of hydrogen-bond donors (Lipinski definition) is 2. The zero-order valence-corrected chi connectivity index (χ0v) is 27.1. The molecule has 1 aliphatic heterocycles. The lowest BCUT2D eigenvalue weighted by atomic mass is 10.1. The van der Waals surface area contributed by atoms with E-state index in [1.807, 2.05) is 12.1 Å². The highest BCUT2D eigenvalue weighted by molar-refractivity contribution is 7.91. The predicted octanol–water partition coefficient (Wildman–Crippen LogP) is 6.52. The standard InChI is InChI=1S/C33H39ClN2O8S/c1-33(2,3)44-32(39)36(21-27(23-8-6-9-24(34)20-23)43-29-12-4-5-19-42-29)18-17-22-13-15-25(16-14-22)45(40,41)28-11-7-10-26(30(28)35)31(37)38/h6-11,13-16,20,27,29H,4-5,12,17-19,21,35H2,1-3H3,(H,37,38)/t27-,29-/m0/s1. The molecule has 1 heterocycles. The van der Waals surface area contributed by atoms with Crippen LogP contribution in [0.15, 0.2) is 76.5 Å². The van der Waals surface area contributed by atoms with Crippen molar-refractivity contribution >= 4 is 39.2 Å². The van der Waals surface area contributed by atoms with Crippen molar-refractivity contribution in [3.05, 3.63) is 88.4 Å². The van der Waals surface area contributed by atoms with Crippen LogP contribution in [-0.4, -0.2) is 62.1 Å². The Kier molecular flexibility index (Phi) is 11.1. The number of nitrogen functional groups attached to an aromatic ring is 1. The van der Waals surface area contributed by atoms with Gasteiger partial charge in [0.2, 0.25) is 9.84 Å². The number of carboxylic acids is 1. The average molecular weight is 659 g/mol. The third-order valence-electron chi connectivity index (χ3n) is 7.20. The number of para-hydroxylation sites is 1. The second-order valence-electron chi connectivity index (χ2n) is 11.8. The van der Waals surface area contributed by atoms with Crippen LogP contribution in [0.2, 0.25) is 5.02 Å². The molecule has 3 N–H and O–H groups in total. The van der Waals surface area contributed by atoms with E-state index in [4.69, 9.17) is 31.5 Å². The van der Waals surface area contributed by atoms with Gasteiger partial charge in [0, 0.05) is 18.2 Å². The summed E-state index contributed by atoms with van der Waals surface area (Å²) < 4.78 is 44.5. The minimum atomic E-state index is -4.08. The van der Waals surface area contributed by atoms with Gasteiger partial charge in [-0.15, -0.1) is 0 Å². The SMILES string of the molecule is CC(C)(C)OC(=O)N(CCc1ccc(S(=O)(=O)c2cccc(C(=O)O)c2N)cc1)C[C@H](O[C@H]1CCCCO1)c1cccc(Cl)c1. The quantitative estimate of drug-likeness (QED) is 0.220. The smallest absolute Gasteiger partial charge is 0.410 e. The van der Waals surface area contributed by atoms with Gasteiger partial charge >= 0.3 is 12.1 Å². The molecule has 2 atom stereocenters. The predicted molar refractivity (Wildman–Crippen MR) is 170 cm³/mol. The fourth-order valence-electron chi connectivity index (χ4n) is 4.91. The van der Waals surface area contributed by atoms with Crippen molar-refractivity contribution in [1.82, 2.24) is 4.90 Å². The number of anilines is 1. The molecule has 1 saturated heterocycles. The van der Waals surface area contributed by atoms with E-state index in [2.05, 4.69) is 0 Å². The summed E-state index contributed by atoms with van der Waals surface area (Å²) >= 11 is 6.31. The average Bonchev–Trinajstić information content (AvgIpc) is 2.98. The van der Waals surface area contributed by atoms with Crippen LogP contribution in [0, 0.1) is 0 Å². The largest absolute Gasteiger partial charge is 0.478 e. The summed E-state index contributed by atoms with van der Waals surface area (Å²) in [7, 11) is -4.08. The van der Waals surface area contributed by atoms with Crippen molar-refractivity contribution in [1.29, 1.82) is 0 Å². The Morgan fingerprint density at radius 1 is 1.09 bits per heavy atom. The third-order valence-corrected chi connectivity index (χ3v) is 9.27. The monoisotopic (exact) mass is 658 g/mol. The number of hydrogen-bond acceptors (Lipinski definition) is 8. The number of nitrogens with two attached hydrogens (primary N) is 1. The molecular weight excluding hydrogens is 620 g/mol. The fourth-order valence-corrected chi connectivity index (χ4v) is 6.51. The first-order valence-corrected chi connectivity index (χ1v) is 16.6. The van der Waals surface area contributed by atoms with E-state index < -0.39 is 39.9 Å². The van der Waals surface area contributed by atoms with Gasteiger partial charge in [-0.1, -0.05) is 41.9 Å². The van der Waals surface area contributed by atoms with Gasteiger partial charge in [0.1, 0.15) is 11.7 Å². The highest BCUT2D eigenvalue weighted by Gasteiger charge is 2.29. The summed E-state index contributed by atoms with van der Waals surface area (Å²) in [6, 6.07) is 17.3. The Morgan fingerprint density at radius 2 is 1.80 bits per heavy atom. The van der Waals surface area contributed by atoms with Gasteiger partial charge < -0.3 is 30.0 Å². The van der Waals surface area contributed by atoms with Crippen molar-refractivity contribution in [2.45, 2.75) is 74.2 Å². The number of nitrogens with zero attached hydrogens (tertiary/aromatic N) is 1. The summed E-state index contributed by atoms with van der Waals surface area (Å²) in [6.07, 6.45) is 1.60. The maximum Gasteiger partial charge on any atom is 0.410 e. The number of amides is 1. The molecule has 0 saturated carbocycles. The highest BCUT2D eigenvalue weighted by atomic mass is 35.5. The zero-order valence-electron chi connectivity index (χ0n) is 25.6. The topological polar surface area (TPSA) is 145 Å². The maximum atomic E-state index is 13.4. The molecule has 1 amide bonds. The van der Waals surface area contributed by atoms with Crippen LogP contribution in [0.25, 0.3) is 0 Å². The number of rotatable bonds is 11. The second kappa shape index (κ2) is 14.6. The number of aromatic carboxylic acids is 1. The third kappa shape index (κ3) is 9.20. The van der Waals surface area contributed by atoms with Gasteiger partial charge in [-0.2, -0.15) is 0 Å². The lowest BCUT2D eigenvalue weighted by molar-refractivity contribution is -0.192. The Labute approximate surface area is 269 Å². The highest BCUT2D eigenvalue weighted by Crippen LogP contribution is 2.30. The normalized spacial score (nSPS) is 16.1. The Balaban J connectivity index is 1.55. The molecule has 242 valence electrons. The van der Waals surface area contributed by atoms with E-state index in [1.54, 1.807) is 49.9 Å². The number of halogens is 1. The first kappa shape index (κ1) is 34.2.